The number of nitrogens with one attached hydrogen (secondary N) is 1. The van der Waals surface area contributed by atoms with Gasteiger partial charge in [0, 0.05) is 0 Å². The fourth-order valence-corrected chi connectivity index (χ4v) is 1.80. The third kappa shape index (κ3) is 3.88. The van der Waals surface area contributed by atoms with Crippen LogP contribution in [0.3, 0.4) is 0 Å². The highest BCUT2D eigenvalue weighted by Crippen LogP contribution is 2.28. The number of hydrogen-bond donors (Lipinski definition) is 1. The molecule has 1 N–H and O–H groups in total. The second-order valence-corrected chi connectivity index (χ2v) is 5.96. The van der Waals surface area contributed by atoms with Crippen molar-refractivity contribution >= 4 is 11.7 Å². The molecule has 4 nitrogen and oxygen atoms in total. The van der Waals surface area contributed by atoms with Crippen LogP contribution in [0.15, 0.2) is 24.3 Å². The summed E-state index contributed by atoms with van der Waals surface area (Å²) in [4.78, 5) is 11.9. The first-order valence-corrected chi connectivity index (χ1v) is 6.62. The normalized spacial score (nSPS) is 17.9. The molecule has 0 aliphatic carbocycles. The fraction of sp³-hybridized carbons (Fsp3) is 0.533. The van der Waals surface area contributed by atoms with Crippen molar-refractivity contribution in [3.63, 3.8) is 0 Å². The molecule has 104 valence electrons. The molecule has 0 saturated heterocycles. The summed E-state index contributed by atoms with van der Waals surface area (Å²) in [5, 5.41) is 3.17. The molecular formula is C15H21NO3. The largest absolute Gasteiger partial charge is 0.475 e. The first-order valence-electron chi connectivity index (χ1n) is 6.62. The van der Waals surface area contributed by atoms with Gasteiger partial charge in [0.15, 0.2) is 0 Å². The molecule has 1 aliphatic rings. The summed E-state index contributed by atoms with van der Waals surface area (Å²) in [7, 11) is 0. The number of anilines is 1. The fourth-order valence-electron chi connectivity index (χ4n) is 1.80. The topological polar surface area (TPSA) is 47.6 Å². The molecule has 0 aromatic heterocycles. The summed E-state index contributed by atoms with van der Waals surface area (Å²) in [6, 6.07) is 7.58. The number of ether oxygens (including phenoxy) is 2. The quantitative estimate of drug-likeness (QED) is 0.852. The minimum absolute atomic E-state index is 0.165. The molecule has 1 aromatic rings. The number of carbonyl (C=O) groups is 1. The molecule has 0 radical (unpaired) electrons. The molecule has 0 spiro atoms. The van der Waals surface area contributed by atoms with E-state index in [0.29, 0.717) is 18.9 Å². The van der Waals surface area contributed by atoms with E-state index in [0.717, 1.165) is 12.1 Å². The van der Waals surface area contributed by atoms with E-state index >= 15 is 0 Å². The first-order chi connectivity index (χ1) is 8.96. The number of para-hydroxylation sites is 2. The minimum atomic E-state index is -0.560. The highest BCUT2D eigenvalue weighted by Gasteiger charge is 2.27. The van der Waals surface area contributed by atoms with Crippen LogP contribution in [0.2, 0.25) is 0 Å². The van der Waals surface area contributed by atoms with Crippen molar-refractivity contribution in [1.29, 1.82) is 0 Å². The van der Waals surface area contributed by atoms with Gasteiger partial charge in [-0.05, 0) is 24.0 Å². The minimum Gasteiger partial charge on any atom is -0.475 e. The van der Waals surface area contributed by atoms with Crippen molar-refractivity contribution < 1.29 is 14.3 Å². The standard InChI is InChI=1S/C15H21NO3/c1-15(2,3)8-9-18-14(17)13-10-16-11-6-4-5-7-12(11)19-13/h4-7,13,16H,8-10H2,1-3H3. The van der Waals surface area contributed by atoms with E-state index in [2.05, 4.69) is 26.1 Å². The van der Waals surface area contributed by atoms with Crippen LogP contribution in [0.25, 0.3) is 0 Å². The van der Waals surface area contributed by atoms with Gasteiger partial charge >= 0.3 is 5.97 Å². The predicted molar refractivity (Wildman–Crippen MR) is 74.4 cm³/mol. The van der Waals surface area contributed by atoms with Gasteiger partial charge in [0.2, 0.25) is 6.10 Å². The van der Waals surface area contributed by atoms with Gasteiger partial charge in [-0.2, -0.15) is 0 Å². The summed E-state index contributed by atoms with van der Waals surface area (Å²) in [6.45, 7) is 7.25. The van der Waals surface area contributed by atoms with E-state index in [1.807, 2.05) is 24.3 Å². The number of fused-ring (bicyclic) bond motifs is 1. The molecule has 0 bridgehead atoms. The van der Waals surface area contributed by atoms with Gasteiger partial charge in [-0.25, -0.2) is 4.79 Å². The number of carbonyl (C=O) groups excluding carboxylic acids is 1. The Morgan fingerprint density at radius 1 is 1.42 bits per heavy atom. The highest BCUT2D eigenvalue weighted by atomic mass is 16.6. The zero-order valence-electron chi connectivity index (χ0n) is 11.7. The zero-order valence-corrected chi connectivity index (χ0v) is 11.7. The van der Waals surface area contributed by atoms with Gasteiger partial charge in [0.25, 0.3) is 0 Å². The Morgan fingerprint density at radius 2 is 2.16 bits per heavy atom. The van der Waals surface area contributed by atoms with Gasteiger partial charge in [-0.15, -0.1) is 0 Å². The average Bonchev–Trinajstić information content (AvgIpc) is 2.36. The molecular weight excluding hydrogens is 242 g/mol. The Labute approximate surface area is 114 Å². The maximum atomic E-state index is 11.9. The molecule has 0 fully saturated rings. The maximum Gasteiger partial charge on any atom is 0.349 e. The Kier molecular flexibility index (Phi) is 3.98. The summed E-state index contributed by atoms with van der Waals surface area (Å²) < 4.78 is 10.9. The highest BCUT2D eigenvalue weighted by molar-refractivity contribution is 5.77. The van der Waals surface area contributed by atoms with Crippen LogP contribution >= 0.6 is 0 Å². The van der Waals surface area contributed by atoms with Crippen LogP contribution in [-0.4, -0.2) is 25.2 Å². The lowest BCUT2D eigenvalue weighted by Crippen LogP contribution is -2.39. The van der Waals surface area contributed by atoms with Crippen LogP contribution in [0.4, 0.5) is 5.69 Å². The average molecular weight is 263 g/mol. The Bertz CT molecular complexity index is 451. The lowest BCUT2D eigenvalue weighted by atomic mass is 9.93. The van der Waals surface area contributed by atoms with Crippen molar-refractivity contribution in [2.75, 3.05) is 18.5 Å². The van der Waals surface area contributed by atoms with Crippen molar-refractivity contribution in [2.24, 2.45) is 5.41 Å². The van der Waals surface area contributed by atoms with Gasteiger partial charge in [0.1, 0.15) is 5.75 Å². The lowest BCUT2D eigenvalue weighted by Gasteiger charge is -2.26. The van der Waals surface area contributed by atoms with E-state index in [-0.39, 0.29) is 11.4 Å². The Balaban J connectivity index is 1.85. The smallest absolute Gasteiger partial charge is 0.349 e. The Morgan fingerprint density at radius 3 is 2.89 bits per heavy atom. The molecule has 1 atom stereocenters. The molecule has 4 heteroatoms. The first kappa shape index (κ1) is 13.7. The number of rotatable bonds is 3. The van der Waals surface area contributed by atoms with Crippen LogP contribution in [-0.2, 0) is 9.53 Å². The third-order valence-corrected chi connectivity index (χ3v) is 2.99. The van der Waals surface area contributed by atoms with Crippen molar-refractivity contribution in [2.45, 2.75) is 33.3 Å². The van der Waals surface area contributed by atoms with E-state index in [1.165, 1.54) is 0 Å². The lowest BCUT2D eigenvalue weighted by molar-refractivity contribution is -0.152. The van der Waals surface area contributed by atoms with Crippen LogP contribution in [0, 0.1) is 5.41 Å². The van der Waals surface area contributed by atoms with Crippen LogP contribution in [0.5, 0.6) is 5.75 Å². The van der Waals surface area contributed by atoms with Gasteiger partial charge < -0.3 is 14.8 Å². The molecule has 0 amide bonds. The third-order valence-electron chi connectivity index (χ3n) is 2.99. The van der Waals surface area contributed by atoms with Crippen LogP contribution < -0.4 is 10.1 Å². The molecule has 1 heterocycles. The zero-order chi connectivity index (χ0) is 13.9. The summed E-state index contributed by atoms with van der Waals surface area (Å²) in [5.74, 6) is 0.401. The predicted octanol–water partition coefficient (Wildman–Crippen LogP) is 2.84. The van der Waals surface area contributed by atoms with Crippen molar-refractivity contribution in [3.8, 4) is 5.75 Å². The van der Waals surface area contributed by atoms with Gasteiger partial charge in [-0.1, -0.05) is 32.9 Å². The Hall–Kier alpha value is -1.71. The van der Waals surface area contributed by atoms with E-state index < -0.39 is 6.10 Å². The number of benzene rings is 1. The second-order valence-electron chi connectivity index (χ2n) is 5.96. The SMILES string of the molecule is CC(C)(C)CCOC(=O)C1CNc2ccccc2O1. The molecule has 1 aromatic carbocycles. The second kappa shape index (κ2) is 5.51. The summed E-state index contributed by atoms with van der Waals surface area (Å²) in [5.41, 5.74) is 1.08. The van der Waals surface area contributed by atoms with Crippen molar-refractivity contribution in [1.82, 2.24) is 0 Å². The summed E-state index contributed by atoms with van der Waals surface area (Å²) in [6.07, 6.45) is 0.282. The molecule has 19 heavy (non-hydrogen) atoms. The van der Waals surface area contributed by atoms with Crippen molar-refractivity contribution in [3.05, 3.63) is 24.3 Å². The number of hydrogen-bond acceptors (Lipinski definition) is 4. The number of esters is 1. The van der Waals surface area contributed by atoms with Gasteiger partial charge in [0.05, 0.1) is 18.8 Å². The molecule has 2 rings (SSSR count). The van der Waals surface area contributed by atoms with E-state index in [1.54, 1.807) is 0 Å². The monoisotopic (exact) mass is 263 g/mol. The van der Waals surface area contributed by atoms with Crippen LogP contribution in [0.1, 0.15) is 27.2 Å². The molecule has 1 unspecified atom stereocenters. The molecule has 1 aliphatic heterocycles. The summed E-state index contributed by atoms with van der Waals surface area (Å²) >= 11 is 0. The van der Waals surface area contributed by atoms with E-state index in [4.69, 9.17) is 9.47 Å². The maximum absolute atomic E-state index is 11.9. The van der Waals surface area contributed by atoms with Gasteiger partial charge in [-0.3, -0.25) is 0 Å². The molecule has 0 saturated carbocycles. The van der Waals surface area contributed by atoms with E-state index in [9.17, 15) is 4.79 Å².